The third kappa shape index (κ3) is 3.83. The number of rotatable bonds is 6. The third-order valence-electron chi connectivity index (χ3n) is 3.03. The van der Waals surface area contributed by atoms with Crippen molar-refractivity contribution in [3.63, 3.8) is 0 Å². The Labute approximate surface area is 114 Å². The summed E-state index contributed by atoms with van der Waals surface area (Å²) in [7, 11) is 0. The number of ether oxygens (including phenoxy) is 1. The molecule has 0 fully saturated rings. The van der Waals surface area contributed by atoms with E-state index < -0.39 is 0 Å². The Morgan fingerprint density at radius 3 is 2.95 bits per heavy atom. The van der Waals surface area contributed by atoms with Crippen molar-refractivity contribution >= 4 is 0 Å². The molecule has 1 heterocycles. The van der Waals surface area contributed by atoms with Gasteiger partial charge in [-0.25, -0.2) is 4.98 Å². The number of nitrogens with zero attached hydrogens (tertiary/aromatic N) is 2. The third-order valence-corrected chi connectivity index (χ3v) is 3.03. The topological polar surface area (TPSA) is 53.1 Å². The van der Waals surface area contributed by atoms with Crippen molar-refractivity contribution in [2.24, 2.45) is 5.73 Å². The number of imidazole rings is 1. The Kier molecular flexibility index (Phi) is 4.58. The summed E-state index contributed by atoms with van der Waals surface area (Å²) in [6.45, 7) is 5.64. The van der Waals surface area contributed by atoms with Crippen molar-refractivity contribution in [3.8, 4) is 5.75 Å². The molecule has 0 saturated heterocycles. The van der Waals surface area contributed by atoms with Crippen molar-refractivity contribution in [1.29, 1.82) is 0 Å². The van der Waals surface area contributed by atoms with Gasteiger partial charge in [-0.1, -0.05) is 17.7 Å². The number of aryl methyl sites for hydroxylation is 2. The lowest BCUT2D eigenvalue weighted by atomic mass is 10.1. The maximum absolute atomic E-state index is 5.97. The average molecular weight is 259 g/mol. The molecule has 19 heavy (non-hydrogen) atoms. The first kappa shape index (κ1) is 13.6. The van der Waals surface area contributed by atoms with Gasteiger partial charge in [-0.15, -0.1) is 0 Å². The van der Waals surface area contributed by atoms with E-state index in [9.17, 15) is 0 Å². The summed E-state index contributed by atoms with van der Waals surface area (Å²) in [5.74, 6) is 0.895. The van der Waals surface area contributed by atoms with E-state index in [2.05, 4.69) is 24.0 Å². The molecule has 2 rings (SSSR count). The van der Waals surface area contributed by atoms with Gasteiger partial charge in [0.15, 0.2) is 0 Å². The minimum Gasteiger partial charge on any atom is -0.493 e. The molecule has 4 nitrogen and oxygen atoms in total. The molecule has 0 bridgehead atoms. The van der Waals surface area contributed by atoms with Gasteiger partial charge in [0, 0.05) is 30.5 Å². The Balaban J connectivity index is 1.88. The molecule has 1 atom stereocenters. The summed E-state index contributed by atoms with van der Waals surface area (Å²) in [5, 5.41) is 0. The molecule has 1 aromatic heterocycles. The van der Waals surface area contributed by atoms with E-state index in [4.69, 9.17) is 10.5 Å². The quantitative estimate of drug-likeness (QED) is 0.811. The van der Waals surface area contributed by atoms with E-state index in [1.54, 1.807) is 6.20 Å². The molecule has 0 aliphatic carbocycles. The van der Waals surface area contributed by atoms with Crippen LogP contribution in [0.2, 0.25) is 0 Å². The van der Waals surface area contributed by atoms with Crippen molar-refractivity contribution in [1.82, 2.24) is 9.55 Å². The van der Waals surface area contributed by atoms with Crippen LogP contribution in [0.1, 0.15) is 30.5 Å². The number of hydrogen-bond donors (Lipinski definition) is 1. The Morgan fingerprint density at radius 1 is 1.42 bits per heavy atom. The Hall–Kier alpha value is -1.81. The van der Waals surface area contributed by atoms with E-state index in [-0.39, 0.29) is 6.04 Å². The summed E-state index contributed by atoms with van der Waals surface area (Å²) >= 11 is 0. The van der Waals surface area contributed by atoms with E-state index in [0.29, 0.717) is 6.61 Å². The molecule has 102 valence electrons. The molecule has 0 aliphatic rings. The second-order valence-electron chi connectivity index (χ2n) is 4.83. The van der Waals surface area contributed by atoms with Crippen LogP contribution in [0.5, 0.6) is 5.75 Å². The van der Waals surface area contributed by atoms with Gasteiger partial charge in [0.2, 0.25) is 0 Å². The molecule has 1 aromatic carbocycles. The molecule has 0 radical (unpaired) electrons. The Morgan fingerprint density at radius 2 is 2.26 bits per heavy atom. The van der Waals surface area contributed by atoms with Crippen molar-refractivity contribution < 1.29 is 4.74 Å². The van der Waals surface area contributed by atoms with Crippen LogP contribution in [0.15, 0.2) is 36.9 Å². The lowest BCUT2D eigenvalue weighted by Gasteiger charge is -2.15. The van der Waals surface area contributed by atoms with E-state index in [0.717, 1.165) is 24.3 Å². The maximum atomic E-state index is 5.97. The molecule has 4 heteroatoms. The summed E-state index contributed by atoms with van der Waals surface area (Å²) in [5.41, 5.74) is 8.25. The predicted molar refractivity (Wildman–Crippen MR) is 76.1 cm³/mol. The monoisotopic (exact) mass is 259 g/mol. The lowest BCUT2D eigenvalue weighted by Crippen LogP contribution is -2.10. The highest BCUT2D eigenvalue weighted by Gasteiger charge is 2.08. The second kappa shape index (κ2) is 6.38. The number of nitrogens with two attached hydrogens (primary N) is 1. The fourth-order valence-corrected chi connectivity index (χ4v) is 2.00. The molecule has 0 saturated carbocycles. The summed E-state index contributed by atoms with van der Waals surface area (Å²) in [6, 6.07) is 6.14. The van der Waals surface area contributed by atoms with Gasteiger partial charge in [-0.3, -0.25) is 0 Å². The van der Waals surface area contributed by atoms with Crippen LogP contribution in [0.3, 0.4) is 0 Å². The molecule has 0 amide bonds. The highest BCUT2D eigenvalue weighted by molar-refractivity contribution is 5.38. The van der Waals surface area contributed by atoms with Gasteiger partial charge in [-0.2, -0.15) is 0 Å². The summed E-state index contributed by atoms with van der Waals surface area (Å²) in [4.78, 5) is 4.01. The van der Waals surface area contributed by atoms with Crippen molar-refractivity contribution in [2.45, 2.75) is 32.9 Å². The lowest BCUT2D eigenvalue weighted by molar-refractivity contribution is 0.297. The number of hydrogen-bond acceptors (Lipinski definition) is 3. The fourth-order valence-electron chi connectivity index (χ4n) is 2.00. The highest BCUT2D eigenvalue weighted by Crippen LogP contribution is 2.25. The van der Waals surface area contributed by atoms with Gasteiger partial charge >= 0.3 is 0 Å². The van der Waals surface area contributed by atoms with Gasteiger partial charge in [0.1, 0.15) is 5.75 Å². The minimum absolute atomic E-state index is 0.0106. The molecule has 0 aliphatic heterocycles. The van der Waals surface area contributed by atoms with E-state index >= 15 is 0 Å². The van der Waals surface area contributed by atoms with Gasteiger partial charge in [-0.05, 0) is 26.3 Å². The van der Waals surface area contributed by atoms with Crippen LogP contribution in [-0.2, 0) is 6.54 Å². The van der Waals surface area contributed by atoms with Crippen LogP contribution >= 0.6 is 0 Å². The van der Waals surface area contributed by atoms with Crippen LogP contribution in [-0.4, -0.2) is 16.2 Å². The van der Waals surface area contributed by atoms with Crippen LogP contribution in [0.4, 0.5) is 0 Å². The first-order chi connectivity index (χ1) is 9.16. The molecule has 2 aromatic rings. The molecule has 2 N–H and O–H groups in total. The van der Waals surface area contributed by atoms with Crippen molar-refractivity contribution in [3.05, 3.63) is 48.0 Å². The smallest absolute Gasteiger partial charge is 0.124 e. The van der Waals surface area contributed by atoms with Gasteiger partial charge in [0.05, 0.1) is 12.9 Å². The number of benzene rings is 1. The average Bonchev–Trinajstić information content (AvgIpc) is 2.89. The van der Waals surface area contributed by atoms with Gasteiger partial charge < -0.3 is 15.0 Å². The normalized spacial score (nSPS) is 12.4. The number of aromatic nitrogens is 2. The largest absolute Gasteiger partial charge is 0.493 e. The first-order valence-corrected chi connectivity index (χ1v) is 6.61. The highest BCUT2D eigenvalue weighted by atomic mass is 16.5. The second-order valence-corrected chi connectivity index (χ2v) is 4.83. The van der Waals surface area contributed by atoms with Gasteiger partial charge in [0.25, 0.3) is 0 Å². The summed E-state index contributed by atoms with van der Waals surface area (Å²) in [6.07, 6.45) is 6.51. The van der Waals surface area contributed by atoms with Crippen molar-refractivity contribution in [2.75, 3.05) is 6.61 Å². The van der Waals surface area contributed by atoms with Crippen LogP contribution in [0, 0.1) is 6.92 Å². The maximum Gasteiger partial charge on any atom is 0.124 e. The zero-order valence-electron chi connectivity index (χ0n) is 11.5. The predicted octanol–water partition coefficient (Wildman–Crippen LogP) is 2.68. The molecular weight excluding hydrogens is 238 g/mol. The van der Waals surface area contributed by atoms with Crippen LogP contribution < -0.4 is 10.5 Å². The zero-order valence-corrected chi connectivity index (χ0v) is 11.5. The van der Waals surface area contributed by atoms with Crippen LogP contribution in [0.25, 0.3) is 0 Å². The molecule has 1 unspecified atom stereocenters. The zero-order chi connectivity index (χ0) is 13.7. The van der Waals surface area contributed by atoms with E-state index in [1.807, 2.05) is 30.1 Å². The SMILES string of the molecule is Cc1ccc(OCCCn2ccnc2)c(C(C)N)c1. The fraction of sp³-hybridized carbons (Fsp3) is 0.400. The molecule has 0 spiro atoms. The van der Waals surface area contributed by atoms with E-state index in [1.165, 1.54) is 5.56 Å². The first-order valence-electron chi connectivity index (χ1n) is 6.61. The standard InChI is InChI=1S/C15H21N3O/c1-12-4-5-15(14(10-12)13(2)16)19-9-3-7-18-8-6-17-11-18/h4-6,8,10-11,13H,3,7,9,16H2,1-2H3. The Bertz CT molecular complexity index is 506. The summed E-state index contributed by atoms with van der Waals surface area (Å²) < 4.78 is 7.88. The molecular formula is C15H21N3O. The minimum atomic E-state index is -0.0106.